The predicted octanol–water partition coefficient (Wildman–Crippen LogP) is 5.94. The number of fused-ring (bicyclic) bond motifs is 3. The lowest BCUT2D eigenvalue weighted by Gasteiger charge is -2.10. The molecule has 0 spiro atoms. The summed E-state index contributed by atoms with van der Waals surface area (Å²) in [6.07, 6.45) is 2.28. The molecule has 0 saturated heterocycles. The number of aromatic nitrogens is 1. The molecule has 1 aromatic heterocycles. The molecule has 22 heavy (non-hydrogen) atoms. The van der Waals surface area contributed by atoms with Gasteiger partial charge in [-0.2, -0.15) is 0 Å². The van der Waals surface area contributed by atoms with Gasteiger partial charge in [0.25, 0.3) is 0 Å². The molecule has 1 heterocycles. The summed E-state index contributed by atoms with van der Waals surface area (Å²) in [5.41, 5.74) is 6.53. The Balaban J connectivity index is 2.03. The standard InChI is InChI=1S/C21H19N/c1-2-8-15-9-3-4-10-16(15)18-12-7-13-19-17-11-5-6-14-20(17)22-21(18)19/h3-7,9-14,22H,2,8H2,1H3. The fraction of sp³-hybridized carbons (Fsp3) is 0.143. The summed E-state index contributed by atoms with van der Waals surface area (Å²) in [5.74, 6) is 0. The number of aryl methyl sites for hydroxylation is 1. The highest BCUT2D eigenvalue weighted by atomic mass is 14.7. The Bertz CT molecular complexity index is 946. The van der Waals surface area contributed by atoms with Crippen LogP contribution < -0.4 is 0 Å². The third-order valence-corrected chi connectivity index (χ3v) is 4.37. The van der Waals surface area contributed by atoms with Crippen LogP contribution in [-0.4, -0.2) is 4.98 Å². The van der Waals surface area contributed by atoms with E-state index < -0.39 is 0 Å². The van der Waals surface area contributed by atoms with Crippen molar-refractivity contribution in [3.8, 4) is 11.1 Å². The van der Waals surface area contributed by atoms with E-state index in [1.165, 1.54) is 44.9 Å². The third-order valence-electron chi connectivity index (χ3n) is 4.37. The summed E-state index contributed by atoms with van der Waals surface area (Å²) < 4.78 is 0. The largest absolute Gasteiger partial charge is 0.354 e. The summed E-state index contributed by atoms with van der Waals surface area (Å²) >= 11 is 0. The van der Waals surface area contributed by atoms with Gasteiger partial charge in [0.05, 0.1) is 5.52 Å². The highest BCUT2D eigenvalue weighted by Crippen LogP contribution is 2.34. The maximum atomic E-state index is 3.61. The lowest BCUT2D eigenvalue weighted by Crippen LogP contribution is -1.89. The molecule has 0 fully saturated rings. The average Bonchev–Trinajstić information content (AvgIpc) is 2.94. The van der Waals surface area contributed by atoms with Crippen LogP contribution >= 0.6 is 0 Å². The normalized spacial score (nSPS) is 11.3. The minimum atomic E-state index is 1.12. The second-order valence-corrected chi connectivity index (χ2v) is 5.81. The van der Waals surface area contributed by atoms with E-state index in [0.29, 0.717) is 0 Å². The van der Waals surface area contributed by atoms with Crippen LogP contribution in [0.5, 0.6) is 0 Å². The van der Waals surface area contributed by atoms with Crippen molar-refractivity contribution in [2.45, 2.75) is 19.8 Å². The molecule has 0 amide bonds. The Morgan fingerprint density at radius 2 is 1.45 bits per heavy atom. The van der Waals surface area contributed by atoms with Crippen LogP contribution in [0.15, 0.2) is 66.7 Å². The number of para-hydroxylation sites is 2. The smallest absolute Gasteiger partial charge is 0.0544 e. The van der Waals surface area contributed by atoms with Crippen molar-refractivity contribution in [3.05, 3.63) is 72.3 Å². The lowest BCUT2D eigenvalue weighted by atomic mass is 9.95. The van der Waals surface area contributed by atoms with E-state index in [9.17, 15) is 0 Å². The number of hydrogen-bond acceptors (Lipinski definition) is 0. The predicted molar refractivity (Wildman–Crippen MR) is 95.2 cm³/mol. The molecule has 0 unspecified atom stereocenters. The molecule has 1 heteroatoms. The zero-order chi connectivity index (χ0) is 14.9. The van der Waals surface area contributed by atoms with Gasteiger partial charge in [0, 0.05) is 21.9 Å². The Labute approximate surface area is 130 Å². The van der Waals surface area contributed by atoms with Crippen LogP contribution in [0.25, 0.3) is 32.9 Å². The molecule has 0 bridgehead atoms. The van der Waals surface area contributed by atoms with Crippen molar-refractivity contribution in [1.29, 1.82) is 0 Å². The summed E-state index contributed by atoms with van der Waals surface area (Å²) in [6.45, 7) is 2.24. The molecule has 0 aliphatic heterocycles. The topological polar surface area (TPSA) is 15.8 Å². The van der Waals surface area contributed by atoms with Crippen LogP contribution in [0.1, 0.15) is 18.9 Å². The maximum absolute atomic E-state index is 3.61. The number of aromatic amines is 1. The van der Waals surface area contributed by atoms with E-state index in [2.05, 4.69) is 78.6 Å². The molecule has 1 nitrogen and oxygen atoms in total. The highest BCUT2D eigenvalue weighted by Gasteiger charge is 2.11. The third kappa shape index (κ3) is 2.01. The Morgan fingerprint density at radius 1 is 0.727 bits per heavy atom. The van der Waals surface area contributed by atoms with Gasteiger partial charge in [0.1, 0.15) is 0 Å². The van der Waals surface area contributed by atoms with Crippen molar-refractivity contribution in [2.75, 3.05) is 0 Å². The lowest BCUT2D eigenvalue weighted by molar-refractivity contribution is 0.924. The first-order valence-electron chi connectivity index (χ1n) is 7.96. The number of benzene rings is 3. The van der Waals surface area contributed by atoms with Gasteiger partial charge < -0.3 is 4.98 Å². The van der Waals surface area contributed by atoms with Crippen molar-refractivity contribution >= 4 is 21.8 Å². The molecule has 4 rings (SSSR count). The monoisotopic (exact) mass is 285 g/mol. The quantitative estimate of drug-likeness (QED) is 0.479. The van der Waals surface area contributed by atoms with Crippen molar-refractivity contribution in [2.24, 2.45) is 0 Å². The second kappa shape index (κ2) is 5.34. The number of H-pyrrole nitrogens is 1. The molecule has 0 aliphatic carbocycles. The molecule has 1 N–H and O–H groups in total. The zero-order valence-electron chi connectivity index (χ0n) is 12.8. The summed E-state index contributed by atoms with van der Waals surface area (Å²) in [5, 5.41) is 2.60. The Kier molecular flexibility index (Phi) is 3.19. The zero-order valence-corrected chi connectivity index (χ0v) is 12.8. The van der Waals surface area contributed by atoms with Gasteiger partial charge in [0.15, 0.2) is 0 Å². The van der Waals surface area contributed by atoms with Gasteiger partial charge in [0.2, 0.25) is 0 Å². The van der Waals surface area contributed by atoms with E-state index >= 15 is 0 Å². The van der Waals surface area contributed by atoms with E-state index in [1.807, 2.05) is 0 Å². The molecular formula is C21H19N. The second-order valence-electron chi connectivity index (χ2n) is 5.81. The SMILES string of the molecule is CCCc1ccccc1-c1cccc2c1[nH]c1ccccc12. The minimum absolute atomic E-state index is 1.12. The summed E-state index contributed by atoms with van der Waals surface area (Å²) in [4.78, 5) is 3.61. The van der Waals surface area contributed by atoms with Crippen molar-refractivity contribution < 1.29 is 0 Å². The molecule has 0 radical (unpaired) electrons. The van der Waals surface area contributed by atoms with Gasteiger partial charge in [-0.15, -0.1) is 0 Å². The molecule has 0 aliphatic rings. The number of nitrogens with one attached hydrogen (secondary N) is 1. The maximum Gasteiger partial charge on any atom is 0.0544 e. The molecule has 0 atom stereocenters. The first kappa shape index (κ1) is 13.1. The first-order valence-corrected chi connectivity index (χ1v) is 7.96. The van der Waals surface area contributed by atoms with Gasteiger partial charge in [-0.25, -0.2) is 0 Å². The number of hydrogen-bond donors (Lipinski definition) is 1. The highest BCUT2D eigenvalue weighted by molar-refractivity contribution is 6.11. The fourth-order valence-electron chi connectivity index (χ4n) is 3.37. The molecule has 0 saturated carbocycles. The van der Waals surface area contributed by atoms with Crippen molar-refractivity contribution in [3.63, 3.8) is 0 Å². The number of rotatable bonds is 3. The van der Waals surface area contributed by atoms with E-state index in [4.69, 9.17) is 0 Å². The summed E-state index contributed by atoms with van der Waals surface area (Å²) in [7, 11) is 0. The van der Waals surface area contributed by atoms with Crippen LogP contribution in [-0.2, 0) is 6.42 Å². The Hall–Kier alpha value is -2.54. The molecule has 108 valence electrons. The van der Waals surface area contributed by atoms with Gasteiger partial charge in [-0.3, -0.25) is 0 Å². The van der Waals surface area contributed by atoms with Gasteiger partial charge in [-0.05, 0) is 23.6 Å². The minimum Gasteiger partial charge on any atom is -0.354 e. The Morgan fingerprint density at radius 3 is 2.36 bits per heavy atom. The van der Waals surface area contributed by atoms with Gasteiger partial charge >= 0.3 is 0 Å². The van der Waals surface area contributed by atoms with E-state index in [-0.39, 0.29) is 0 Å². The molecule has 3 aromatic carbocycles. The fourth-order valence-corrected chi connectivity index (χ4v) is 3.37. The van der Waals surface area contributed by atoms with Crippen LogP contribution in [0.3, 0.4) is 0 Å². The van der Waals surface area contributed by atoms with Crippen LogP contribution in [0.4, 0.5) is 0 Å². The van der Waals surface area contributed by atoms with Crippen molar-refractivity contribution in [1.82, 2.24) is 4.98 Å². The average molecular weight is 285 g/mol. The summed E-state index contributed by atoms with van der Waals surface area (Å²) in [6, 6.07) is 23.9. The molecule has 4 aromatic rings. The van der Waals surface area contributed by atoms with Gasteiger partial charge in [-0.1, -0.05) is 74.0 Å². The van der Waals surface area contributed by atoms with Crippen LogP contribution in [0, 0.1) is 0 Å². The van der Waals surface area contributed by atoms with Crippen LogP contribution in [0.2, 0.25) is 0 Å². The van der Waals surface area contributed by atoms with E-state index in [0.717, 1.165) is 6.42 Å². The van der Waals surface area contributed by atoms with E-state index in [1.54, 1.807) is 0 Å². The first-order chi connectivity index (χ1) is 10.9. The molecular weight excluding hydrogens is 266 g/mol.